The highest BCUT2D eigenvalue weighted by molar-refractivity contribution is 5.76. The molecule has 2 rings (SSSR count). The Balaban J connectivity index is 1.75. The van der Waals surface area contributed by atoms with Gasteiger partial charge in [0.2, 0.25) is 5.91 Å². The minimum Gasteiger partial charge on any atom is -0.399 e. The van der Waals surface area contributed by atoms with Gasteiger partial charge in [0.1, 0.15) is 0 Å². The predicted molar refractivity (Wildman–Crippen MR) is 69.6 cm³/mol. The van der Waals surface area contributed by atoms with Crippen LogP contribution < -0.4 is 11.1 Å². The Morgan fingerprint density at radius 3 is 3.00 bits per heavy atom. The van der Waals surface area contributed by atoms with E-state index >= 15 is 0 Å². The van der Waals surface area contributed by atoms with Crippen LogP contribution >= 0.6 is 0 Å². The molecule has 0 aliphatic heterocycles. The van der Waals surface area contributed by atoms with E-state index in [0.29, 0.717) is 19.4 Å². The van der Waals surface area contributed by atoms with Crippen molar-refractivity contribution in [2.45, 2.75) is 19.4 Å². The number of aryl methyl sites for hydroxylation is 1. The number of amides is 1. The molecule has 4 N–H and O–H groups in total. The molecule has 0 saturated carbocycles. The van der Waals surface area contributed by atoms with E-state index in [-0.39, 0.29) is 5.91 Å². The smallest absolute Gasteiger partial charge is 0.220 e. The molecule has 0 radical (unpaired) electrons. The molecule has 0 unspecified atom stereocenters. The van der Waals surface area contributed by atoms with E-state index in [0.717, 1.165) is 16.8 Å². The number of nitrogens with one attached hydrogen (secondary N) is 2. The Hall–Kier alpha value is -2.30. The monoisotopic (exact) mass is 244 g/mol. The second kappa shape index (κ2) is 5.86. The lowest BCUT2D eigenvalue weighted by Crippen LogP contribution is -2.22. The molecule has 1 aromatic carbocycles. The summed E-state index contributed by atoms with van der Waals surface area (Å²) in [5, 5.41) is 9.36. The van der Waals surface area contributed by atoms with Crippen molar-refractivity contribution in [1.29, 1.82) is 0 Å². The van der Waals surface area contributed by atoms with E-state index in [9.17, 15) is 4.79 Å². The van der Waals surface area contributed by atoms with Gasteiger partial charge in [0.25, 0.3) is 0 Å². The van der Waals surface area contributed by atoms with Gasteiger partial charge >= 0.3 is 0 Å². The molecule has 5 nitrogen and oxygen atoms in total. The molecule has 1 amide bonds. The third-order valence-corrected chi connectivity index (χ3v) is 2.64. The van der Waals surface area contributed by atoms with Crippen LogP contribution in [0.3, 0.4) is 0 Å². The number of hydrogen-bond acceptors (Lipinski definition) is 3. The lowest BCUT2D eigenvalue weighted by atomic mass is 10.1. The number of hydrogen-bond donors (Lipinski definition) is 3. The molecule has 18 heavy (non-hydrogen) atoms. The summed E-state index contributed by atoms with van der Waals surface area (Å²) in [5.41, 5.74) is 8.45. The first-order valence-corrected chi connectivity index (χ1v) is 5.83. The Bertz CT molecular complexity index is 507. The largest absolute Gasteiger partial charge is 0.399 e. The van der Waals surface area contributed by atoms with Crippen molar-refractivity contribution in [2.24, 2.45) is 0 Å². The summed E-state index contributed by atoms with van der Waals surface area (Å²) < 4.78 is 0. The van der Waals surface area contributed by atoms with Gasteiger partial charge in [0, 0.05) is 30.4 Å². The Morgan fingerprint density at radius 1 is 1.39 bits per heavy atom. The lowest BCUT2D eigenvalue weighted by molar-refractivity contribution is -0.121. The van der Waals surface area contributed by atoms with Crippen molar-refractivity contribution in [3.8, 4) is 0 Å². The van der Waals surface area contributed by atoms with E-state index in [1.165, 1.54) is 0 Å². The summed E-state index contributed by atoms with van der Waals surface area (Å²) in [7, 11) is 0. The molecule has 2 aromatic rings. The molecule has 94 valence electrons. The van der Waals surface area contributed by atoms with Gasteiger partial charge in [-0.1, -0.05) is 12.1 Å². The number of H-pyrrole nitrogens is 1. The molecule has 0 aliphatic rings. The van der Waals surface area contributed by atoms with Crippen molar-refractivity contribution >= 4 is 11.6 Å². The van der Waals surface area contributed by atoms with Gasteiger partial charge in [0.05, 0.1) is 6.20 Å². The van der Waals surface area contributed by atoms with Gasteiger partial charge in [-0.15, -0.1) is 0 Å². The van der Waals surface area contributed by atoms with Crippen molar-refractivity contribution in [2.75, 3.05) is 5.73 Å². The highest BCUT2D eigenvalue weighted by Crippen LogP contribution is 2.08. The van der Waals surface area contributed by atoms with E-state index in [1.54, 1.807) is 12.4 Å². The standard InChI is InChI=1S/C13H16N4O/c14-12-3-1-2-10(6-12)4-5-13(18)15-7-11-8-16-17-9-11/h1-3,6,8-9H,4-5,7,14H2,(H,15,18)(H,16,17). The Morgan fingerprint density at radius 2 is 2.28 bits per heavy atom. The van der Waals surface area contributed by atoms with Gasteiger partial charge < -0.3 is 11.1 Å². The fourth-order valence-electron chi connectivity index (χ4n) is 1.67. The Labute approximate surface area is 105 Å². The summed E-state index contributed by atoms with van der Waals surface area (Å²) in [6.45, 7) is 0.506. The molecule has 0 bridgehead atoms. The third kappa shape index (κ3) is 3.62. The average Bonchev–Trinajstić information content (AvgIpc) is 2.87. The summed E-state index contributed by atoms with van der Waals surface area (Å²) in [6, 6.07) is 7.60. The maximum absolute atomic E-state index is 11.6. The van der Waals surface area contributed by atoms with Gasteiger partial charge in [-0.05, 0) is 24.1 Å². The van der Waals surface area contributed by atoms with Gasteiger partial charge in [-0.2, -0.15) is 5.10 Å². The maximum atomic E-state index is 11.6. The highest BCUT2D eigenvalue weighted by Gasteiger charge is 2.03. The molecule has 0 fully saturated rings. The zero-order valence-corrected chi connectivity index (χ0v) is 10.0. The number of carbonyl (C=O) groups is 1. The number of nitrogen functional groups attached to an aromatic ring is 1. The molecular weight excluding hydrogens is 228 g/mol. The minimum absolute atomic E-state index is 0.0265. The summed E-state index contributed by atoms with van der Waals surface area (Å²) in [6.07, 6.45) is 4.61. The van der Waals surface area contributed by atoms with Crippen molar-refractivity contribution in [1.82, 2.24) is 15.5 Å². The molecule has 0 atom stereocenters. The number of aromatic nitrogens is 2. The number of aromatic amines is 1. The van der Waals surface area contributed by atoms with E-state index in [2.05, 4.69) is 15.5 Å². The first-order chi connectivity index (χ1) is 8.74. The quantitative estimate of drug-likeness (QED) is 0.692. The molecule has 0 saturated heterocycles. The molecule has 5 heteroatoms. The highest BCUT2D eigenvalue weighted by atomic mass is 16.1. The van der Waals surface area contributed by atoms with Crippen molar-refractivity contribution < 1.29 is 4.79 Å². The number of nitrogens with zero attached hydrogens (tertiary/aromatic N) is 1. The summed E-state index contributed by atoms with van der Waals surface area (Å²) >= 11 is 0. The third-order valence-electron chi connectivity index (χ3n) is 2.64. The maximum Gasteiger partial charge on any atom is 0.220 e. The van der Waals surface area contributed by atoms with Crippen LogP contribution in [0.4, 0.5) is 5.69 Å². The molecule has 1 heterocycles. The number of carbonyl (C=O) groups excluding carboxylic acids is 1. The zero-order chi connectivity index (χ0) is 12.8. The van der Waals surface area contributed by atoms with Crippen molar-refractivity contribution in [3.05, 3.63) is 47.8 Å². The first kappa shape index (κ1) is 12.2. The summed E-state index contributed by atoms with van der Waals surface area (Å²) in [5.74, 6) is 0.0265. The van der Waals surface area contributed by atoms with Crippen molar-refractivity contribution in [3.63, 3.8) is 0 Å². The SMILES string of the molecule is Nc1cccc(CCC(=O)NCc2cn[nH]c2)c1. The zero-order valence-electron chi connectivity index (χ0n) is 10.0. The summed E-state index contributed by atoms with van der Waals surface area (Å²) in [4.78, 5) is 11.6. The van der Waals surface area contributed by atoms with Crippen LogP contribution in [0, 0.1) is 0 Å². The molecule has 0 spiro atoms. The van der Waals surface area contributed by atoms with Gasteiger partial charge in [-0.25, -0.2) is 0 Å². The number of anilines is 1. The normalized spacial score (nSPS) is 10.2. The van der Waals surface area contributed by atoms with Crippen LogP contribution in [0.25, 0.3) is 0 Å². The molecular formula is C13H16N4O. The van der Waals surface area contributed by atoms with E-state index < -0.39 is 0 Å². The second-order valence-corrected chi connectivity index (χ2v) is 4.13. The van der Waals surface area contributed by atoms with Crippen LogP contribution in [0.5, 0.6) is 0 Å². The van der Waals surface area contributed by atoms with Crippen LogP contribution in [0.2, 0.25) is 0 Å². The van der Waals surface area contributed by atoms with Crippen LogP contribution in [-0.4, -0.2) is 16.1 Å². The fraction of sp³-hybridized carbons (Fsp3) is 0.231. The fourth-order valence-corrected chi connectivity index (χ4v) is 1.67. The predicted octanol–water partition coefficient (Wildman–Crippen LogP) is 1.24. The first-order valence-electron chi connectivity index (χ1n) is 5.83. The van der Waals surface area contributed by atoms with Crippen LogP contribution in [-0.2, 0) is 17.8 Å². The van der Waals surface area contributed by atoms with Crippen LogP contribution in [0.15, 0.2) is 36.7 Å². The van der Waals surface area contributed by atoms with Crippen LogP contribution in [0.1, 0.15) is 17.5 Å². The second-order valence-electron chi connectivity index (χ2n) is 4.13. The van der Waals surface area contributed by atoms with E-state index in [1.807, 2.05) is 24.3 Å². The number of benzene rings is 1. The average molecular weight is 244 g/mol. The number of nitrogens with two attached hydrogens (primary N) is 1. The molecule has 0 aliphatic carbocycles. The lowest BCUT2D eigenvalue weighted by Gasteiger charge is -2.04. The Kier molecular flexibility index (Phi) is 3.96. The minimum atomic E-state index is 0.0265. The van der Waals surface area contributed by atoms with Gasteiger partial charge in [0.15, 0.2) is 0 Å². The van der Waals surface area contributed by atoms with Gasteiger partial charge in [-0.3, -0.25) is 9.89 Å². The topological polar surface area (TPSA) is 83.8 Å². The number of rotatable bonds is 5. The molecule has 1 aromatic heterocycles. The van der Waals surface area contributed by atoms with E-state index in [4.69, 9.17) is 5.73 Å².